The van der Waals surface area contributed by atoms with E-state index in [0.29, 0.717) is 0 Å². The number of allylic oxidation sites excluding steroid dienone is 2. The molecule has 0 N–H and O–H groups in total. The van der Waals surface area contributed by atoms with Gasteiger partial charge in [-0.25, -0.2) is 4.98 Å². The number of nitrogens with zero attached hydrogens (tertiary/aromatic N) is 4. The predicted molar refractivity (Wildman–Crippen MR) is 255 cm³/mol. The number of fused-ring (bicyclic) bond motifs is 14. The lowest BCUT2D eigenvalue weighted by atomic mass is 9.73. The Hall–Kier alpha value is -7.95. The van der Waals surface area contributed by atoms with Gasteiger partial charge in [-0.3, -0.25) is 4.57 Å². The molecule has 7 aromatic carbocycles. The van der Waals surface area contributed by atoms with Gasteiger partial charge < -0.3 is 9.13 Å². The maximum Gasteiger partial charge on any atom is 0.134 e. The van der Waals surface area contributed by atoms with Crippen molar-refractivity contribution >= 4 is 57.6 Å². The standard InChI is InChI=1S/C57H40N4/c1-5-17-48-36(4)41-19-9-13-25-50(41)59(48)39-32-29-37(30-33-39)38-31-34-51-43(35-38)40(7-3)49(18-6-2)60(51)54-28-16-23-46-55(54)42-20-8-10-21-44(42)57(46)45-22-11-14-26-52(45)61-53-27-15-12-24-47(53)58-56(57)61/h5-35H,1-2,4H2,3H3/b40-7-,48-17+,49-18+. The highest BCUT2D eigenvalue weighted by Crippen LogP contribution is 2.61. The van der Waals surface area contributed by atoms with E-state index >= 15 is 0 Å². The molecule has 3 aromatic heterocycles. The molecule has 0 saturated carbocycles. The molecule has 4 nitrogen and oxygen atoms in total. The van der Waals surface area contributed by atoms with E-state index in [1.807, 2.05) is 18.2 Å². The Bertz CT molecular complexity index is 3780. The molecule has 1 spiro atoms. The molecule has 61 heavy (non-hydrogen) atoms. The molecule has 12 rings (SSSR count). The number of hydrogen-bond acceptors (Lipinski definition) is 1. The monoisotopic (exact) mass is 780 g/mol. The summed E-state index contributed by atoms with van der Waals surface area (Å²) in [6, 6.07) is 57.4. The van der Waals surface area contributed by atoms with Crippen LogP contribution < -0.4 is 21.1 Å². The van der Waals surface area contributed by atoms with Crippen LogP contribution in [-0.2, 0) is 5.41 Å². The van der Waals surface area contributed by atoms with Gasteiger partial charge in [-0.15, -0.1) is 0 Å². The maximum absolute atomic E-state index is 5.47. The quantitative estimate of drug-likeness (QED) is 0.171. The van der Waals surface area contributed by atoms with Crippen molar-refractivity contribution in [3.63, 3.8) is 0 Å². The van der Waals surface area contributed by atoms with E-state index < -0.39 is 5.41 Å². The third-order valence-corrected chi connectivity index (χ3v) is 13.1. The van der Waals surface area contributed by atoms with Crippen LogP contribution in [0.15, 0.2) is 183 Å². The van der Waals surface area contributed by atoms with E-state index in [1.54, 1.807) is 0 Å². The van der Waals surface area contributed by atoms with Gasteiger partial charge in [0.2, 0.25) is 0 Å². The van der Waals surface area contributed by atoms with Crippen LogP contribution >= 0.6 is 0 Å². The normalized spacial score (nSPS) is 15.9. The number of imidazole rings is 1. The van der Waals surface area contributed by atoms with Gasteiger partial charge in [0.15, 0.2) is 0 Å². The fourth-order valence-corrected chi connectivity index (χ4v) is 10.7. The molecule has 0 radical (unpaired) electrons. The molecule has 0 saturated heterocycles. The first-order valence-corrected chi connectivity index (χ1v) is 20.9. The van der Waals surface area contributed by atoms with Crippen LogP contribution in [0.2, 0.25) is 0 Å². The van der Waals surface area contributed by atoms with Crippen molar-refractivity contribution in [3.8, 4) is 39.3 Å². The Labute approximate surface area is 353 Å². The van der Waals surface area contributed by atoms with Gasteiger partial charge in [-0.05, 0) is 107 Å². The summed E-state index contributed by atoms with van der Waals surface area (Å²) in [6.45, 7) is 14.8. The van der Waals surface area contributed by atoms with Crippen LogP contribution in [0.1, 0.15) is 29.4 Å². The average molecular weight is 781 g/mol. The SMILES string of the molecule is C=C/C=c1\c(=C)c2ccccc2n1-c1ccc(-c2ccc3c(c2)c(=C/C)/c(=C\C=C)n3-c2cccc3c2-c2ccccc2C32c3ccccc3-n3c2nc2ccccc23)cc1. The zero-order valence-corrected chi connectivity index (χ0v) is 33.8. The van der Waals surface area contributed by atoms with E-state index in [9.17, 15) is 0 Å². The fourth-order valence-electron chi connectivity index (χ4n) is 10.7. The Kier molecular flexibility index (Phi) is 7.48. The first-order valence-electron chi connectivity index (χ1n) is 20.9. The second kappa shape index (κ2) is 13.0. The molecular weight excluding hydrogens is 741 g/mol. The van der Waals surface area contributed by atoms with Crippen LogP contribution in [0.25, 0.3) is 97.0 Å². The fraction of sp³-hybridized carbons (Fsp3) is 0.0351. The van der Waals surface area contributed by atoms with E-state index in [-0.39, 0.29) is 0 Å². The molecule has 1 atom stereocenters. The van der Waals surface area contributed by atoms with Crippen LogP contribution in [0.3, 0.4) is 0 Å². The summed E-state index contributed by atoms with van der Waals surface area (Å²) < 4.78 is 7.11. The van der Waals surface area contributed by atoms with Crippen molar-refractivity contribution in [2.45, 2.75) is 12.3 Å². The van der Waals surface area contributed by atoms with Crippen molar-refractivity contribution in [3.05, 3.63) is 227 Å². The molecule has 10 aromatic rings. The molecule has 0 amide bonds. The summed E-state index contributed by atoms with van der Waals surface area (Å²) in [4.78, 5) is 5.47. The average Bonchev–Trinajstić information content (AvgIpc) is 4.07. The minimum absolute atomic E-state index is 0.589. The molecule has 288 valence electrons. The molecule has 2 aliphatic rings. The molecule has 4 heteroatoms. The lowest BCUT2D eigenvalue weighted by molar-refractivity contribution is 0.737. The zero-order valence-electron chi connectivity index (χ0n) is 33.8. The highest BCUT2D eigenvalue weighted by atomic mass is 15.1. The minimum atomic E-state index is -0.589. The number of aromatic nitrogens is 4. The summed E-state index contributed by atoms with van der Waals surface area (Å²) in [6.07, 6.45) is 10.2. The topological polar surface area (TPSA) is 27.7 Å². The molecular formula is C57H40N4. The zero-order chi connectivity index (χ0) is 41.0. The van der Waals surface area contributed by atoms with Crippen LogP contribution in [0.5, 0.6) is 0 Å². The van der Waals surface area contributed by atoms with Gasteiger partial charge in [0.25, 0.3) is 0 Å². The summed E-state index contributed by atoms with van der Waals surface area (Å²) >= 11 is 0. The van der Waals surface area contributed by atoms with Crippen molar-refractivity contribution < 1.29 is 0 Å². The van der Waals surface area contributed by atoms with E-state index in [4.69, 9.17) is 4.98 Å². The summed E-state index contributed by atoms with van der Waals surface area (Å²) in [5, 5.41) is 6.63. The van der Waals surface area contributed by atoms with Crippen molar-refractivity contribution in [2.75, 3.05) is 0 Å². The Morgan fingerprint density at radius 2 is 1.20 bits per heavy atom. The minimum Gasteiger partial charge on any atom is -0.309 e. The second-order valence-electron chi connectivity index (χ2n) is 16.0. The highest BCUT2D eigenvalue weighted by Gasteiger charge is 2.54. The van der Waals surface area contributed by atoms with E-state index in [0.717, 1.165) is 71.7 Å². The lowest BCUT2D eigenvalue weighted by Gasteiger charge is -2.27. The maximum atomic E-state index is 5.47. The largest absolute Gasteiger partial charge is 0.309 e. The van der Waals surface area contributed by atoms with Gasteiger partial charge in [0, 0.05) is 32.5 Å². The predicted octanol–water partition coefficient (Wildman–Crippen LogP) is 10.4. The summed E-state index contributed by atoms with van der Waals surface area (Å²) in [5.74, 6) is 1.04. The Morgan fingerprint density at radius 3 is 2.02 bits per heavy atom. The number of benzene rings is 7. The third-order valence-electron chi connectivity index (χ3n) is 13.1. The van der Waals surface area contributed by atoms with Gasteiger partial charge in [0.05, 0.1) is 44.1 Å². The molecule has 4 heterocycles. The molecule has 1 aliphatic carbocycles. The lowest BCUT2D eigenvalue weighted by Crippen LogP contribution is -2.29. The molecule has 1 unspecified atom stereocenters. The third kappa shape index (κ3) is 4.56. The van der Waals surface area contributed by atoms with Crippen molar-refractivity contribution in [2.24, 2.45) is 0 Å². The van der Waals surface area contributed by atoms with Gasteiger partial charge in [0.1, 0.15) is 11.2 Å². The van der Waals surface area contributed by atoms with Crippen molar-refractivity contribution in [1.82, 2.24) is 18.7 Å². The number of para-hydroxylation sites is 4. The van der Waals surface area contributed by atoms with E-state index in [2.05, 4.69) is 210 Å². The first kappa shape index (κ1) is 35.0. The number of hydrogen-bond donors (Lipinski definition) is 0. The molecule has 0 fully saturated rings. The Balaban J connectivity index is 1.07. The van der Waals surface area contributed by atoms with Crippen LogP contribution in [0.4, 0.5) is 0 Å². The van der Waals surface area contributed by atoms with Gasteiger partial charge in [-0.2, -0.15) is 0 Å². The van der Waals surface area contributed by atoms with Crippen LogP contribution in [-0.4, -0.2) is 18.7 Å². The van der Waals surface area contributed by atoms with Crippen molar-refractivity contribution in [1.29, 1.82) is 0 Å². The summed E-state index contributed by atoms with van der Waals surface area (Å²) in [5.41, 5.74) is 15.7. The first-order chi connectivity index (χ1) is 30.1. The molecule has 0 bridgehead atoms. The van der Waals surface area contributed by atoms with E-state index in [1.165, 1.54) is 44.1 Å². The molecule has 1 aliphatic heterocycles. The van der Waals surface area contributed by atoms with Gasteiger partial charge in [-0.1, -0.05) is 141 Å². The van der Waals surface area contributed by atoms with Crippen LogP contribution in [0, 0.1) is 0 Å². The smallest absolute Gasteiger partial charge is 0.134 e. The second-order valence-corrected chi connectivity index (χ2v) is 16.0. The van der Waals surface area contributed by atoms with Gasteiger partial charge >= 0.3 is 0 Å². The highest BCUT2D eigenvalue weighted by molar-refractivity contribution is 5.97. The Morgan fingerprint density at radius 1 is 0.541 bits per heavy atom. The summed E-state index contributed by atoms with van der Waals surface area (Å²) in [7, 11) is 0. The number of rotatable bonds is 5.